The molecule has 0 aromatic carbocycles. The quantitative estimate of drug-likeness (QED) is 0.577. The van der Waals surface area contributed by atoms with E-state index in [0.717, 1.165) is 19.0 Å². The molecule has 0 spiro atoms. The van der Waals surface area contributed by atoms with Crippen LogP contribution in [0.4, 0.5) is 0 Å². The maximum absolute atomic E-state index is 5.51. The number of hydrogen-bond acceptors (Lipinski definition) is 2. The van der Waals surface area contributed by atoms with Crippen molar-refractivity contribution in [3.05, 3.63) is 0 Å². The molecule has 2 nitrogen and oxygen atoms in total. The Kier molecular flexibility index (Phi) is 6.35. The second-order valence-electron chi connectivity index (χ2n) is 4.71. The summed E-state index contributed by atoms with van der Waals surface area (Å²) in [5.41, 5.74) is 0. The molecule has 0 bridgehead atoms. The van der Waals surface area contributed by atoms with E-state index in [9.17, 15) is 0 Å². The highest BCUT2D eigenvalue weighted by atomic mass is 16.5. The van der Waals surface area contributed by atoms with E-state index in [1.54, 1.807) is 0 Å². The summed E-state index contributed by atoms with van der Waals surface area (Å²) < 4.78 is 5.51. The van der Waals surface area contributed by atoms with Gasteiger partial charge in [0.2, 0.25) is 0 Å². The molecular weight excluding hydrogens is 162 g/mol. The van der Waals surface area contributed by atoms with Gasteiger partial charge in [0.25, 0.3) is 0 Å². The second-order valence-corrected chi connectivity index (χ2v) is 4.71. The summed E-state index contributed by atoms with van der Waals surface area (Å²) in [5.74, 6) is 0.833. The fourth-order valence-corrected chi connectivity index (χ4v) is 1.44. The smallest absolute Gasteiger partial charge is 0.0678 e. The van der Waals surface area contributed by atoms with Gasteiger partial charge in [-0.2, -0.15) is 0 Å². The van der Waals surface area contributed by atoms with Gasteiger partial charge in [0.05, 0.1) is 12.2 Å². The molecule has 1 fully saturated rings. The minimum absolute atomic E-state index is 0.416. The topological polar surface area (TPSA) is 12.5 Å². The number of ether oxygens (including phenoxy) is 1. The van der Waals surface area contributed by atoms with E-state index >= 15 is 0 Å². The molecule has 0 radical (unpaired) electrons. The van der Waals surface area contributed by atoms with Crippen LogP contribution < -0.4 is 0 Å². The summed E-state index contributed by atoms with van der Waals surface area (Å²) in [7, 11) is 2.13. The van der Waals surface area contributed by atoms with Gasteiger partial charge in [0.15, 0.2) is 0 Å². The largest absolute Gasteiger partial charge is 0.373 e. The van der Waals surface area contributed by atoms with Crippen LogP contribution in [0.3, 0.4) is 0 Å². The minimum Gasteiger partial charge on any atom is -0.373 e. The summed E-state index contributed by atoms with van der Waals surface area (Å²) in [6.45, 7) is 12.9. The van der Waals surface area contributed by atoms with Crippen molar-refractivity contribution in [2.45, 2.75) is 46.8 Å². The molecule has 0 aliphatic carbocycles. The monoisotopic (exact) mass is 187 g/mol. The second kappa shape index (κ2) is 6.39. The van der Waals surface area contributed by atoms with Gasteiger partial charge in [-0.15, -0.1) is 0 Å². The normalized spacial score (nSPS) is 29.8. The molecule has 13 heavy (non-hydrogen) atoms. The van der Waals surface area contributed by atoms with Crippen LogP contribution in [0.25, 0.3) is 0 Å². The predicted octanol–water partition coefficient (Wildman–Crippen LogP) is 2.39. The molecule has 2 heteroatoms. The molecule has 2 unspecified atom stereocenters. The fourth-order valence-electron chi connectivity index (χ4n) is 1.44. The van der Waals surface area contributed by atoms with Gasteiger partial charge in [-0.3, -0.25) is 0 Å². The third kappa shape index (κ3) is 8.26. The Hall–Kier alpha value is -0.0800. The van der Waals surface area contributed by atoms with Crippen molar-refractivity contribution in [3.8, 4) is 0 Å². The first-order chi connectivity index (χ1) is 5.91. The van der Waals surface area contributed by atoms with E-state index in [1.165, 1.54) is 0 Å². The highest BCUT2D eigenvalue weighted by Crippen LogP contribution is 2.07. The summed E-state index contributed by atoms with van der Waals surface area (Å²) in [6.07, 6.45) is 0.831. The van der Waals surface area contributed by atoms with Crippen LogP contribution in [0.5, 0.6) is 0 Å². The third-order valence-electron chi connectivity index (χ3n) is 1.60. The minimum atomic E-state index is 0.416. The summed E-state index contributed by atoms with van der Waals surface area (Å²) in [5, 5.41) is 0. The van der Waals surface area contributed by atoms with Gasteiger partial charge in [0.1, 0.15) is 0 Å². The van der Waals surface area contributed by atoms with Gasteiger partial charge < -0.3 is 9.64 Å². The van der Waals surface area contributed by atoms with Gasteiger partial charge in [-0.05, 0) is 26.8 Å². The van der Waals surface area contributed by atoms with Gasteiger partial charge in [-0.1, -0.05) is 20.8 Å². The van der Waals surface area contributed by atoms with Gasteiger partial charge in [-0.25, -0.2) is 0 Å². The lowest BCUT2D eigenvalue weighted by molar-refractivity contribution is -0.0602. The number of hydrogen-bond donors (Lipinski definition) is 0. The summed E-state index contributed by atoms with van der Waals surface area (Å²) >= 11 is 0. The average Bonchev–Trinajstić information content (AvgIpc) is 1.80. The number of morpholine rings is 1. The Morgan fingerprint density at radius 1 is 1.08 bits per heavy atom. The molecule has 1 aliphatic heterocycles. The van der Waals surface area contributed by atoms with E-state index in [1.807, 2.05) is 0 Å². The van der Waals surface area contributed by atoms with Crippen molar-refractivity contribution >= 4 is 0 Å². The van der Waals surface area contributed by atoms with Crippen LogP contribution in [0.15, 0.2) is 0 Å². The van der Waals surface area contributed by atoms with Crippen LogP contribution in [-0.2, 0) is 4.74 Å². The highest BCUT2D eigenvalue weighted by molar-refractivity contribution is 4.69. The predicted molar refractivity (Wildman–Crippen MR) is 58.0 cm³/mol. The number of likely N-dealkylation sites (N-methyl/N-ethyl adjacent to an activating group) is 1. The molecule has 0 saturated carbocycles. The van der Waals surface area contributed by atoms with Crippen molar-refractivity contribution in [3.63, 3.8) is 0 Å². The first-order valence-corrected chi connectivity index (χ1v) is 5.25. The lowest BCUT2D eigenvalue weighted by Gasteiger charge is -2.32. The van der Waals surface area contributed by atoms with Crippen molar-refractivity contribution < 1.29 is 4.74 Å². The molecular formula is C11H25NO. The van der Waals surface area contributed by atoms with Crippen LogP contribution in [-0.4, -0.2) is 37.2 Å². The summed E-state index contributed by atoms with van der Waals surface area (Å²) in [4.78, 5) is 2.30. The molecule has 0 aromatic heterocycles. The molecule has 1 rings (SSSR count). The van der Waals surface area contributed by atoms with E-state index in [0.29, 0.717) is 12.2 Å². The van der Waals surface area contributed by atoms with Gasteiger partial charge >= 0.3 is 0 Å². The Labute approximate surface area is 83.3 Å². The lowest BCUT2D eigenvalue weighted by Crippen LogP contribution is -2.42. The maximum Gasteiger partial charge on any atom is 0.0678 e. The van der Waals surface area contributed by atoms with Crippen molar-refractivity contribution in [2.24, 2.45) is 5.92 Å². The van der Waals surface area contributed by atoms with Crippen molar-refractivity contribution in [1.29, 1.82) is 0 Å². The Morgan fingerprint density at radius 3 is 1.62 bits per heavy atom. The molecule has 80 valence electrons. The van der Waals surface area contributed by atoms with Crippen LogP contribution in [0, 0.1) is 5.92 Å². The maximum atomic E-state index is 5.51. The third-order valence-corrected chi connectivity index (χ3v) is 1.60. The van der Waals surface area contributed by atoms with E-state index < -0.39 is 0 Å². The Morgan fingerprint density at radius 2 is 1.38 bits per heavy atom. The molecule has 0 aromatic rings. The van der Waals surface area contributed by atoms with Crippen LogP contribution in [0.2, 0.25) is 0 Å². The van der Waals surface area contributed by atoms with Crippen LogP contribution in [0.1, 0.15) is 34.6 Å². The fraction of sp³-hybridized carbons (Fsp3) is 1.00. The van der Waals surface area contributed by atoms with E-state index in [-0.39, 0.29) is 0 Å². The van der Waals surface area contributed by atoms with Crippen molar-refractivity contribution in [2.75, 3.05) is 20.1 Å². The molecule has 1 heterocycles. The first kappa shape index (κ1) is 12.9. The number of nitrogens with zero attached hydrogens (tertiary/aromatic N) is 1. The zero-order chi connectivity index (χ0) is 10.4. The van der Waals surface area contributed by atoms with E-state index in [4.69, 9.17) is 4.74 Å². The SMILES string of the molecule is CC(C)C.CC1CN(C)CC(C)O1. The standard InChI is InChI=1S/C7H15NO.C4H10/c1-6-4-8(3)5-7(2)9-6;1-4(2)3/h6-7H,4-5H2,1-3H3;4H,1-3H3. The van der Waals surface area contributed by atoms with E-state index in [2.05, 4.69) is 46.6 Å². The number of rotatable bonds is 0. The molecule has 1 saturated heterocycles. The first-order valence-electron chi connectivity index (χ1n) is 5.25. The highest BCUT2D eigenvalue weighted by Gasteiger charge is 2.18. The molecule has 0 N–H and O–H groups in total. The van der Waals surface area contributed by atoms with Crippen molar-refractivity contribution in [1.82, 2.24) is 4.90 Å². The zero-order valence-corrected chi connectivity index (χ0v) is 10.0. The average molecular weight is 187 g/mol. The van der Waals surface area contributed by atoms with Gasteiger partial charge in [0, 0.05) is 13.1 Å². The molecule has 1 aliphatic rings. The van der Waals surface area contributed by atoms with Crippen LogP contribution >= 0.6 is 0 Å². The Bertz CT molecular complexity index is 97.5. The Balaban J connectivity index is 0.000000310. The molecule has 0 amide bonds. The zero-order valence-electron chi connectivity index (χ0n) is 10.0. The lowest BCUT2D eigenvalue weighted by atomic mass is 10.2. The molecule has 2 atom stereocenters. The summed E-state index contributed by atoms with van der Waals surface area (Å²) in [6, 6.07) is 0.